The molecule has 33 heavy (non-hydrogen) atoms. The molecule has 1 aliphatic heterocycles. The number of ether oxygens (including phenoxy) is 1. The predicted octanol–water partition coefficient (Wildman–Crippen LogP) is 4.89. The normalized spacial score (nSPS) is 14.8. The summed E-state index contributed by atoms with van der Waals surface area (Å²) < 4.78 is 20.3. The van der Waals surface area contributed by atoms with Crippen molar-refractivity contribution in [3.8, 4) is 17.3 Å². The molecule has 0 spiro atoms. The number of carbonyl (C=O) groups is 1. The zero-order valence-electron chi connectivity index (χ0n) is 18.6. The SMILES string of the molecule is CC(C)(C)OC(=O)NC1CCN(c2nc(-c3ccc(C#N)c(F)c3)c(Br)c3nc[nH]c23)CC1. The van der Waals surface area contributed by atoms with E-state index < -0.39 is 17.5 Å². The number of aromatic amines is 1. The molecule has 0 aliphatic carbocycles. The Morgan fingerprint density at radius 1 is 1.36 bits per heavy atom. The molecular weight excluding hydrogens is 491 g/mol. The minimum absolute atomic E-state index is 0.0101. The fourth-order valence-corrected chi connectivity index (χ4v) is 4.46. The molecule has 0 bridgehead atoms. The molecule has 10 heteroatoms. The summed E-state index contributed by atoms with van der Waals surface area (Å²) in [5.41, 5.74) is 2.00. The summed E-state index contributed by atoms with van der Waals surface area (Å²) in [6.07, 6.45) is 2.64. The molecule has 0 unspecified atom stereocenters. The Balaban J connectivity index is 1.59. The highest BCUT2D eigenvalue weighted by molar-refractivity contribution is 9.10. The van der Waals surface area contributed by atoms with Crippen LogP contribution in [0, 0.1) is 17.1 Å². The zero-order chi connectivity index (χ0) is 23.8. The number of halogens is 2. The third-order valence-corrected chi connectivity index (χ3v) is 6.13. The fraction of sp³-hybridized carbons (Fsp3) is 0.391. The molecule has 172 valence electrons. The van der Waals surface area contributed by atoms with Crippen molar-refractivity contribution < 1.29 is 13.9 Å². The number of hydrogen-bond acceptors (Lipinski definition) is 6. The number of nitriles is 1. The molecular formula is C23H24BrFN6O2. The average Bonchev–Trinajstić information content (AvgIpc) is 3.24. The number of imidazole rings is 1. The van der Waals surface area contributed by atoms with Crippen LogP contribution < -0.4 is 10.2 Å². The van der Waals surface area contributed by atoms with Crippen LogP contribution in [-0.2, 0) is 4.74 Å². The summed E-state index contributed by atoms with van der Waals surface area (Å²) in [7, 11) is 0. The minimum atomic E-state index is -0.596. The van der Waals surface area contributed by atoms with E-state index in [9.17, 15) is 9.18 Å². The lowest BCUT2D eigenvalue weighted by molar-refractivity contribution is 0.0497. The summed E-state index contributed by atoms with van der Waals surface area (Å²) in [5.74, 6) is 0.114. The van der Waals surface area contributed by atoms with Gasteiger partial charge in [-0.15, -0.1) is 0 Å². The van der Waals surface area contributed by atoms with Gasteiger partial charge in [-0.1, -0.05) is 6.07 Å². The van der Waals surface area contributed by atoms with E-state index in [4.69, 9.17) is 15.0 Å². The lowest BCUT2D eigenvalue weighted by Crippen LogP contribution is -2.46. The third-order valence-electron chi connectivity index (χ3n) is 5.37. The number of benzene rings is 1. The maximum atomic E-state index is 14.3. The van der Waals surface area contributed by atoms with E-state index >= 15 is 0 Å². The van der Waals surface area contributed by atoms with E-state index in [1.807, 2.05) is 26.8 Å². The van der Waals surface area contributed by atoms with E-state index in [-0.39, 0.29) is 11.6 Å². The van der Waals surface area contributed by atoms with Crippen molar-refractivity contribution in [3.63, 3.8) is 0 Å². The van der Waals surface area contributed by atoms with Gasteiger partial charge in [0.2, 0.25) is 0 Å². The van der Waals surface area contributed by atoms with Crippen LogP contribution in [0.25, 0.3) is 22.3 Å². The summed E-state index contributed by atoms with van der Waals surface area (Å²) in [4.78, 5) is 26.6. The molecule has 0 saturated carbocycles. The summed E-state index contributed by atoms with van der Waals surface area (Å²) in [6, 6.07) is 6.28. The van der Waals surface area contributed by atoms with Gasteiger partial charge < -0.3 is 19.9 Å². The number of piperidine rings is 1. The van der Waals surface area contributed by atoms with Crippen molar-refractivity contribution in [2.24, 2.45) is 0 Å². The number of fused-ring (bicyclic) bond motifs is 1. The number of nitrogens with one attached hydrogen (secondary N) is 2. The van der Waals surface area contributed by atoms with Gasteiger partial charge >= 0.3 is 6.09 Å². The van der Waals surface area contributed by atoms with Gasteiger partial charge in [-0.25, -0.2) is 19.2 Å². The lowest BCUT2D eigenvalue weighted by atomic mass is 10.0. The lowest BCUT2D eigenvalue weighted by Gasteiger charge is -2.34. The van der Waals surface area contributed by atoms with Crippen LogP contribution in [0.1, 0.15) is 39.2 Å². The molecule has 0 atom stereocenters. The molecule has 1 fully saturated rings. The standard InChI is InChI=1S/C23H24BrFN6O2/c1-23(2,3)33-22(32)29-15-6-8-31(9-7-15)21-20-19(27-12-28-20)17(24)18(30-21)13-4-5-14(11-26)16(25)10-13/h4-5,10,12,15H,6-9H2,1-3H3,(H,27,28)(H,29,32). The Kier molecular flexibility index (Phi) is 6.26. The van der Waals surface area contributed by atoms with E-state index in [0.29, 0.717) is 40.2 Å². The Bertz CT molecular complexity index is 1240. The molecule has 1 amide bonds. The fourth-order valence-electron chi connectivity index (χ4n) is 3.84. The van der Waals surface area contributed by atoms with E-state index in [2.05, 4.69) is 36.1 Å². The topological polar surface area (TPSA) is 107 Å². The van der Waals surface area contributed by atoms with Gasteiger partial charge in [0.25, 0.3) is 0 Å². The number of anilines is 1. The van der Waals surface area contributed by atoms with Gasteiger partial charge in [-0.2, -0.15) is 5.26 Å². The second kappa shape index (κ2) is 8.98. The summed E-state index contributed by atoms with van der Waals surface area (Å²) in [6.45, 7) is 6.85. The molecule has 2 aromatic heterocycles. The van der Waals surface area contributed by atoms with Crippen molar-refractivity contribution in [1.29, 1.82) is 5.26 Å². The minimum Gasteiger partial charge on any atom is -0.444 e. The molecule has 3 aromatic rings. The number of carbonyl (C=O) groups excluding carboxylic acids is 1. The van der Waals surface area contributed by atoms with Crippen LogP contribution in [0.2, 0.25) is 0 Å². The van der Waals surface area contributed by atoms with E-state index in [1.54, 1.807) is 12.4 Å². The Labute approximate surface area is 199 Å². The first-order valence-corrected chi connectivity index (χ1v) is 11.4. The highest BCUT2D eigenvalue weighted by Crippen LogP contribution is 2.37. The Morgan fingerprint density at radius 2 is 2.09 bits per heavy atom. The Hall–Kier alpha value is -3.19. The van der Waals surface area contributed by atoms with Crippen LogP contribution in [0.3, 0.4) is 0 Å². The average molecular weight is 515 g/mol. The number of hydrogen-bond donors (Lipinski definition) is 2. The van der Waals surface area contributed by atoms with Crippen molar-refractivity contribution in [3.05, 3.63) is 40.4 Å². The maximum Gasteiger partial charge on any atom is 0.407 e. The smallest absolute Gasteiger partial charge is 0.407 e. The van der Waals surface area contributed by atoms with Crippen LogP contribution in [-0.4, -0.2) is 45.8 Å². The van der Waals surface area contributed by atoms with Gasteiger partial charge in [-0.05, 0) is 61.7 Å². The molecule has 0 radical (unpaired) electrons. The van der Waals surface area contributed by atoms with Crippen molar-refractivity contribution >= 4 is 38.9 Å². The molecule has 2 N–H and O–H groups in total. The summed E-state index contributed by atoms with van der Waals surface area (Å²) >= 11 is 3.56. The van der Waals surface area contributed by atoms with Gasteiger partial charge in [0.15, 0.2) is 5.82 Å². The number of nitrogens with zero attached hydrogens (tertiary/aromatic N) is 4. The van der Waals surface area contributed by atoms with Gasteiger partial charge in [0, 0.05) is 24.7 Å². The number of amides is 1. The molecule has 8 nitrogen and oxygen atoms in total. The Morgan fingerprint density at radius 3 is 2.73 bits per heavy atom. The van der Waals surface area contributed by atoms with Gasteiger partial charge in [0.05, 0.1) is 22.1 Å². The molecule has 3 heterocycles. The second-order valence-electron chi connectivity index (χ2n) is 8.94. The predicted molar refractivity (Wildman–Crippen MR) is 126 cm³/mol. The molecule has 1 saturated heterocycles. The van der Waals surface area contributed by atoms with E-state index in [0.717, 1.165) is 18.4 Å². The maximum absolute atomic E-state index is 14.3. The first-order chi connectivity index (χ1) is 15.7. The van der Waals surface area contributed by atoms with Crippen molar-refractivity contribution in [2.45, 2.75) is 45.3 Å². The van der Waals surface area contributed by atoms with Crippen LogP contribution in [0.4, 0.5) is 15.0 Å². The van der Waals surface area contributed by atoms with Crippen LogP contribution in [0.5, 0.6) is 0 Å². The van der Waals surface area contributed by atoms with E-state index in [1.165, 1.54) is 12.1 Å². The largest absolute Gasteiger partial charge is 0.444 e. The number of H-pyrrole nitrogens is 1. The highest BCUT2D eigenvalue weighted by Gasteiger charge is 2.27. The zero-order valence-corrected chi connectivity index (χ0v) is 20.2. The highest BCUT2D eigenvalue weighted by atomic mass is 79.9. The van der Waals surface area contributed by atoms with Crippen LogP contribution in [0.15, 0.2) is 29.0 Å². The first-order valence-electron chi connectivity index (χ1n) is 10.6. The van der Waals surface area contributed by atoms with Gasteiger partial charge in [0.1, 0.15) is 28.5 Å². The number of rotatable bonds is 3. The number of aromatic nitrogens is 3. The van der Waals surface area contributed by atoms with Crippen molar-refractivity contribution in [1.82, 2.24) is 20.3 Å². The third kappa shape index (κ3) is 4.93. The molecule has 4 rings (SSSR count). The van der Waals surface area contributed by atoms with Gasteiger partial charge in [-0.3, -0.25) is 0 Å². The first kappa shape index (κ1) is 23.0. The quantitative estimate of drug-likeness (QED) is 0.515. The molecule has 1 aromatic carbocycles. The number of pyridine rings is 1. The number of alkyl carbamates (subject to hydrolysis) is 1. The van der Waals surface area contributed by atoms with Crippen molar-refractivity contribution in [2.75, 3.05) is 18.0 Å². The monoisotopic (exact) mass is 514 g/mol. The second-order valence-corrected chi connectivity index (χ2v) is 9.73. The summed E-state index contributed by atoms with van der Waals surface area (Å²) in [5, 5.41) is 12.0. The van der Waals surface area contributed by atoms with Crippen LogP contribution >= 0.6 is 15.9 Å². The molecule has 1 aliphatic rings.